The predicted octanol–water partition coefficient (Wildman–Crippen LogP) is 1.70. The number of carboxylic acids is 1. The van der Waals surface area contributed by atoms with Gasteiger partial charge < -0.3 is 15.7 Å². The minimum atomic E-state index is -1.24. The average molecular weight is 332 g/mol. The van der Waals surface area contributed by atoms with Crippen LogP contribution in [0.1, 0.15) is 10.7 Å². The highest BCUT2D eigenvalue weighted by Crippen LogP contribution is 2.23. The number of nitrogens with one attached hydrogen (secondary N) is 1. The molecule has 2 aromatic rings. The molecule has 11 heteroatoms. The predicted molar refractivity (Wildman–Crippen MR) is 78.4 cm³/mol. The Morgan fingerprint density at radius 3 is 3.00 bits per heavy atom. The molecule has 1 unspecified atom stereocenters. The van der Waals surface area contributed by atoms with Crippen molar-refractivity contribution in [2.45, 2.75) is 12.9 Å². The van der Waals surface area contributed by atoms with Crippen LogP contribution in [0.25, 0.3) is 0 Å². The second-order valence-corrected chi connectivity index (χ2v) is 7.06. The molecule has 0 aliphatic heterocycles. The first-order valence-electron chi connectivity index (χ1n) is 5.19. The number of oxime groups is 1. The summed E-state index contributed by atoms with van der Waals surface area (Å²) in [4.78, 5) is 20.1. The van der Waals surface area contributed by atoms with E-state index < -0.39 is 16.4 Å². The summed E-state index contributed by atoms with van der Waals surface area (Å²) in [5.41, 5.74) is 5.33. The Morgan fingerprint density at radius 2 is 2.50 bits per heavy atom. The largest absolute Gasteiger partial charge is 0.476 e. The van der Waals surface area contributed by atoms with E-state index in [9.17, 15) is 4.79 Å². The maximum atomic E-state index is 11.1. The van der Waals surface area contributed by atoms with Crippen LogP contribution in [0.5, 0.6) is 0 Å². The van der Waals surface area contributed by atoms with E-state index in [0.29, 0.717) is 3.95 Å². The minimum Gasteiger partial charge on any atom is -0.476 e. The number of nitrogen functional groups attached to an aromatic ring is 1. The number of aromatic nitrogens is 3. The molecule has 0 aliphatic carbocycles. The van der Waals surface area contributed by atoms with Crippen molar-refractivity contribution in [3.05, 3.63) is 20.0 Å². The molecule has 2 rings (SSSR count). The summed E-state index contributed by atoms with van der Waals surface area (Å²) in [5.74, 6) is -1.10. The molecule has 4 N–H and O–H groups in total. The summed E-state index contributed by atoms with van der Waals surface area (Å²) in [6.45, 7) is 1.81. The van der Waals surface area contributed by atoms with Crippen molar-refractivity contribution in [2.24, 2.45) is 5.16 Å². The number of rotatable bonds is 5. The monoisotopic (exact) mass is 332 g/mol. The summed E-state index contributed by atoms with van der Waals surface area (Å²) in [6.07, 6.45) is 0. The molecule has 0 amide bonds. The minimum absolute atomic E-state index is 0.136. The first kappa shape index (κ1) is 14.6. The van der Waals surface area contributed by atoms with E-state index in [1.165, 1.54) is 5.38 Å². The zero-order chi connectivity index (χ0) is 14.7. The van der Waals surface area contributed by atoms with Crippen LogP contribution >= 0.6 is 34.0 Å². The van der Waals surface area contributed by atoms with Crippen molar-refractivity contribution in [3.63, 3.8) is 0 Å². The lowest BCUT2D eigenvalue weighted by Crippen LogP contribution is -2.15. The molecule has 0 saturated carbocycles. The number of nitrogens with zero attached hydrogens (tertiary/aromatic N) is 3. The number of nitrogens with two attached hydrogens (primary N) is 1. The molecule has 2 heterocycles. The van der Waals surface area contributed by atoms with Gasteiger partial charge in [-0.1, -0.05) is 5.16 Å². The number of aromatic amines is 1. The van der Waals surface area contributed by atoms with Gasteiger partial charge in [-0.3, -0.25) is 0 Å². The van der Waals surface area contributed by atoms with Crippen LogP contribution in [0, 0.1) is 10.9 Å². The molecule has 0 bridgehead atoms. The van der Waals surface area contributed by atoms with E-state index in [2.05, 4.69) is 20.3 Å². The molecule has 0 saturated heterocycles. The van der Waals surface area contributed by atoms with E-state index in [4.69, 9.17) is 27.9 Å². The number of thiazole rings is 1. The van der Waals surface area contributed by atoms with Gasteiger partial charge in [-0.25, -0.2) is 14.9 Å². The quantitative estimate of drug-likeness (QED) is 0.329. The topological polar surface area (TPSA) is 126 Å². The lowest BCUT2D eigenvalue weighted by atomic mass is 10.3. The number of carboxylic acid groups (broad SMARTS) is 1. The molecule has 106 valence electrons. The van der Waals surface area contributed by atoms with Crippen LogP contribution < -0.4 is 5.73 Å². The van der Waals surface area contributed by atoms with Gasteiger partial charge in [0.1, 0.15) is 5.69 Å². The molecule has 0 radical (unpaired) electrons. The Labute approximate surface area is 124 Å². The van der Waals surface area contributed by atoms with E-state index in [1.807, 2.05) is 6.92 Å². The van der Waals surface area contributed by atoms with Crippen LogP contribution in [0.4, 0.5) is 5.13 Å². The molecule has 2 aromatic heterocycles. The molecule has 0 spiro atoms. The summed E-state index contributed by atoms with van der Waals surface area (Å²) in [5, 5.41) is 21.9. The van der Waals surface area contributed by atoms with Crippen molar-refractivity contribution in [2.75, 3.05) is 5.73 Å². The van der Waals surface area contributed by atoms with Gasteiger partial charge in [0.25, 0.3) is 12.2 Å². The Kier molecular flexibility index (Phi) is 4.42. The summed E-state index contributed by atoms with van der Waals surface area (Å²) >= 11 is 6.19. The third-order valence-corrected chi connectivity index (χ3v) is 5.23. The standard InChI is InChI=1S/C9H9N5O3S3/c1-4-12-13-9(18)20(4)3-17-14-6(7(15)16)5-2-19-8(10)11-5/h2H,3H2,1H3,(H3-,10,11,13,15,16,18)/p+1/b14-6-. The summed E-state index contributed by atoms with van der Waals surface area (Å²) in [7, 11) is -0.492. The Bertz CT molecular complexity index is 716. The van der Waals surface area contributed by atoms with E-state index in [1.54, 1.807) is 0 Å². The third kappa shape index (κ3) is 3.18. The fourth-order valence-corrected chi connectivity index (χ4v) is 3.36. The highest BCUT2D eigenvalue weighted by molar-refractivity contribution is 7.74. The molecule has 0 aromatic carbocycles. The van der Waals surface area contributed by atoms with Gasteiger partial charge in [0.2, 0.25) is 11.7 Å². The van der Waals surface area contributed by atoms with E-state index in [0.717, 1.165) is 16.3 Å². The smallest absolute Gasteiger partial charge is 0.376 e. The van der Waals surface area contributed by atoms with Crippen molar-refractivity contribution < 1.29 is 14.7 Å². The zero-order valence-corrected chi connectivity index (χ0v) is 12.6. The fraction of sp³-hybridized carbons (Fsp3) is 0.222. The van der Waals surface area contributed by atoms with Crippen LogP contribution in [-0.2, 0) is 15.6 Å². The second-order valence-electron chi connectivity index (χ2n) is 3.48. The second kappa shape index (κ2) is 6.07. The van der Waals surface area contributed by atoms with Crippen molar-refractivity contribution in [1.82, 2.24) is 15.2 Å². The van der Waals surface area contributed by atoms with Crippen LogP contribution in [0.15, 0.2) is 10.5 Å². The zero-order valence-electron chi connectivity index (χ0n) is 10.2. The molecule has 1 atom stereocenters. The first-order valence-corrected chi connectivity index (χ1v) is 7.87. The van der Waals surface area contributed by atoms with Gasteiger partial charge in [-0.05, 0) is 0 Å². The average Bonchev–Trinajstić information content (AvgIpc) is 2.93. The van der Waals surface area contributed by atoms with E-state index in [-0.39, 0.29) is 22.5 Å². The van der Waals surface area contributed by atoms with Gasteiger partial charge in [0.15, 0.2) is 10.1 Å². The normalized spacial score (nSPS) is 12.4. The summed E-state index contributed by atoms with van der Waals surface area (Å²) < 4.78 is 0.549. The molecular formula is C9H10N5O3S3+. The third-order valence-electron chi connectivity index (χ3n) is 2.18. The lowest BCUT2D eigenvalue weighted by Gasteiger charge is -1.97. The molecular weight excluding hydrogens is 322 g/mol. The molecule has 0 fully saturated rings. The Hall–Kier alpha value is -1.85. The van der Waals surface area contributed by atoms with Gasteiger partial charge in [-0.15, -0.1) is 16.4 Å². The number of hydrogen-bond acceptors (Lipinski definition) is 8. The van der Waals surface area contributed by atoms with Crippen molar-refractivity contribution in [1.29, 1.82) is 0 Å². The number of carbonyl (C=O) groups is 1. The van der Waals surface area contributed by atoms with Crippen LogP contribution in [0.3, 0.4) is 0 Å². The van der Waals surface area contributed by atoms with Crippen molar-refractivity contribution in [3.8, 4) is 0 Å². The number of H-pyrrole nitrogens is 1. The van der Waals surface area contributed by atoms with Gasteiger partial charge in [-0.2, -0.15) is 0 Å². The summed E-state index contributed by atoms with van der Waals surface area (Å²) in [6, 6.07) is 0. The van der Waals surface area contributed by atoms with Gasteiger partial charge >= 0.3 is 9.92 Å². The maximum absolute atomic E-state index is 11.1. The van der Waals surface area contributed by atoms with Crippen LogP contribution in [0.2, 0.25) is 0 Å². The SMILES string of the molecule is Cc1n[nH]c(=S)[s+]1CO/N=C(\C(=O)O)c1csc(N)n1. The Morgan fingerprint density at radius 1 is 1.75 bits per heavy atom. The maximum Gasteiger partial charge on any atom is 0.376 e. The van der Waals surface area contributed by atoms with Gasteiger partial charge in [0.05, 0.1) is 0 Å². The highest BCUT2D eigenvalue weighted by atomic mass is 32.2. The number of aliphatic carboxylic acids is 1. The van der Waals surface area contributed by atoms with E-state index >= 15 is 0 Å². The highest BCUT2D eigenvalue weighted by Gasteiger charge is 2.18. The van der Waals surface area contributed by atoms with Crippen molar-refractivity contribution >= 4 is 50.8 Å². The Balaban J connectivity index is 2.15. The molecule has 8 nitrogen and oxygen atoms in total. The van der Waals surface area contributed by atoms with Crippen LogP contribution in [-0.4, -0.2) is 32.0 Å². The molecule has 20 heavy (non-hydrogen) atoms. The first-order chi connectivity index (χ1) is 9.49. The lowest BCUT2D eigenvalue weighted by molar-refractivity contribution is -0.129. The van der Waals surface area contributed by atoms with Gasteiger partial charge in [0, 0.05) is 22.8 Å². The number of aryl methyl sites for hydroxylation is 1. The number of hydrogen-bond donors (Lipinski definition) is 3. The fourth-order valence-electron chi connectivity index (χ4n) is 1.24. The molecule has 0 aliphatic rings. The number of anilines is 1.